The van der Waals surface area contributed by atoms with Crippen molar-refractivity contribution in [2.75, 3.05) is 33.3 Å². The molecule has 4 nitrogen and oxygen atoms in total. The summed E-state index contributed by atoms with van der Waals surface area (Å²) in [6.07, 6.45) is 5.40. The summed E-state index contributed by atoms with van der Waals surface area (Å²) in [5, 5.41) is 6.46. The molecule has 4 heteroatoms. The fourth-order valence-electron chi connectivity index (χ4n) is 1.37. The molecule has 1 aliphatic heterocycles. The Morgan fingerprint density at radius 3 is 2.93 bits per heavy atom. The predicted octanol–water partition coefficient (Wildman–Crippen LogP) is -0.532. The summed E-state index contributed by atoms with van der Waals surface area (Å²) in [6, 6.07) is 0.0792. The molecule has 1 rings (SSSR count). The van der Waals surface area contributed by atoms with Gasteiger partial charge in [-0.05, 0) is 26.6 Å². The third-order valence-electron chi connectivity index (χ3n) is 2.20. The molecule has 1 heterocycles. The maximum atomic E-state index is 5.65. The lowest BCUT2D eigenvalue weighted by Crippen LogP contribution is -2.36. The van der Waals surface area contributed by atoms with Gasteiger partial charge in [0.15, 0.2) is 0 Å². The van der Waals surface area contributed by atoms with Gasteiger partial charge in [-0.25, -0.2) is 0 Å². The van der Waals surface area contributed by atoms with E-state index in [1.807, 2.05) is 19.2 Å². The number of nitrogens with one attached hydrogen (secondary N) is 2. The van der Waals surface area contributed by atoms with Crippen molar-refractivity contribution < 1.29 is 4.74 Å². The highest BCUT2D eigenvalue weighted by atomic mass is 16.5. The Hall–Kier alpha value is -0.420. The Labute approximate surface area is 85.9 Å². The van der Waals surface area contributed by atoms with Crippen molar-refractivity contribution in [3.8, 4) is 0 Å². The largest absolute Gasteiger partial charge is 0.371 e. The lowest BCUT2D eigenvalue weighted by Gasteiger charge is -2.21. The van der Waals surface area contributed by atoms with E-state index in [1.54, 1.807) is 0 Å². The summed E-state index contributed by atoms with van der Waals surface area (Å²) < 4.78 is 5.51. The first-order chi connectivity index (χ1) is 6.83. The highest BCUT2D eigenvalue weighted by molar-refractivity contribution is 5.00. The van der Waals surface area contributed by atoms with Crippen LogP contribution in [0.25, 0.3) is 0 Å². The van der Waals surface area contributed by atoms with E-state index in [4.69, 9.17) is 10.5 Å². The van der Waals surface area contributed by atoms with Crippen LogP contribution in [0.1, 0.15) is 6.42 Å². The van der Waals surface area contributed by atoms with E-state index in [9.17, 15) is 0 Å². The predicted molar refractivity (Wildman–Crippen MR) is 58.3 cm³/mol. The zero-order valence-electron chi connectivity index (χ0n) is 8.83. The van der Waals surface area contributed by atoms with E-state index >= 15 is 0 Å². The van der Waals surface area contributed by atoms with Crippen LogP contribution in [-0.2, 0) is 4.74 Å². The first-order valence-electron chi connectivity index (χ1n) is 5.23. The quantitative estimate of drug-likeness (QED) is 0.397. The van der Waals surface area contributed by atoms with Gasteiger partial charge in [-0.2, -0.15) is 0 Å². The summed E-state index contributed by atoms with van der Waals surface area (Å²) in [4.78, 5) is 0. The third-order valence-corrected chi connectivity index (χ3v) is 2.20. The molecule has 4 N–H and O–H groups in total. The van der Waals surface area contributed by atoms with E-state index in [-0.39, 0.29) is 12.1 Å². The van der Waals surface area contributed by atoms with E-state index in [0.29, 0.717) is 6.61 Å². The summed E-state index contributed by atoms with van der Waals surface area (Å²) in [6.45, 7) is 3.60. The average molecular weight is 199 g/mol. The Balaban J connectivity index is 1.99. The van der Waals surface area contributed by atoms with E-state index in [2.05, 4.69) is 10.6 Å². The average Bonchev–Trinajstić information content (AvgIpc) is 2.21. The van der Waals surface area contributed by atoms with Crippen LogP contribution in [0.5, 0.6) is 0 Å². The van der Waals surface area contributed by atoms with Crippen molar-refractivity contribution in [2.45, 2.75) is 18.6 Å². The number of ether oxygens (including phenoxy) is 1. The molecule has 0 aliphatic carbocycles. The van der Waals surface area contributed by atoms with Crippen LogP contribution in [0.15, 0.2) is 12.2 Å². The molecule has 0 saturated carbocycles. The summed E-state index contributed by atoms with van der Waals surface area (Å²) in [7, 11) is 1.97. The van der Waals surface area contributed by atoms with Crippen LogP contribution < -0.4 is 16.4 Å². The minimum atomic E-state index is 0.0792. The van der Waals surface area contributed by atoms with E-state index < -0.39 is 0 Å². The van der Waals surface area contributed by atoms with Gasteiger partial charge in [-0.15, -0.1) is 0 Å². The molecular formula is C10H21N3O. The standard InChI is InChI=1S/C10H21N3O/c1-12-5-2-6-13-7-10-4-3-9(11)8-14-10/h3-4,9-10,12-13H,2,5-8,11H2,1H3. The van der Waals surface area contributed by atoms with Gasteiger partial charge in [-0.3, -0.25) is 0 Å². The van der Waals surface area contributed by atoms with E-state index in [0.717, 1.165) is 26.1 Å². The highest BCUT2D eigenvalue weighted by Gasteiger charge is 2.11. The molecular weight excluding hydrogens is 178 g/mol. The second-order valence-corrected chi connectivity index (χ2v) is 3.58. The maximum absolute atomic E-state index is 5.65. The molecule has 0 saturated heterocycles. The van der Waals surface area contributed by atoms with Crippen LogP contribution >= 0.6 is 0 Å². The van der Waals surface area contributed by atoms with E-state index in [1.165, 1.54) is 0 Å². The Kier molecular flexibility index (Phi) is 5.78. The molecule has 0 aromatic heterocycles. The molecule has 0 amide bonds. The van der Waals surface area contributed by atoms with Crippen molar-refractivity contribution in [1.82, 2.24) is 10.6 Å². The van der Waals surface area contributed by atoms with Gasteiger partial charge in [0.2, 0.25) is 0 Å². The number of rotatable bonds is 6. The topological polar surface area (TPSA) is 59.3 Å². The van der Waals surface area contributed by atoms with Gasteiger partial charge in [0.25, 0.3) is 0 Å². The second-order valence-electron chi connectivity index (χ2n) is 3.58. The fourth-order valence-corrected chi connectivity index (χ4v) is 1.37. The first kappa shape index (κ1) is 11.7. The highest BCUT2D eigenvalue weighted by Crippen LogP contribution is 2.02. The molecule has 1 aliphatic rings. The minimum absolute atomic E-state index is 0.0792. The van der Waals surface area contributed by atoms with Crippen LogP contribution in [0.4, 0.5) is 0 Å². The van der Waals surface area contributed by atoms with Crippen molar-refractivity contribution >= 4 is 0 Å². The summed E-state index contributed by atoms with van der Waals surface area (Å²) in [5.74, 6) is 0. The minimum Gasteiger partial charge on any atom is -0.371 e. The molecule has 0 spiro atoms. The zero-order chi connectivity index (χ0) is 10.2. The SMILES string of the molecule is CNCCCNCC1C=CC(N)CO1. The number of hydrogen-bond acceptors (Lipinski definition) is 4. The molecule has 0 radical (unpaired) electrons. The molecule has 0 fully saturated rings. The normalized spacial score (nSPS) is 26.7. The van der Waals surface area contributed by atoms with Crippen molar-refractivity contribution in [3.63, 3.8) is 0 Å². The lowest BCUT2D eigenvalue weighted by molar-refractivity contribution is 0.0715. The van der Waals surface area contributed by atoms with Gasteiger partial charge in [-0.1, -0.05) is 12.2 Å². The molecule has 0 aromatic rings. The van der Waals surface area contributed by atoms with Gasteiger partial charge < -0.3 is 21.1 Å². The Morgan fingerprint density at radius 1 is 1.43 bits per heavy atom. The Bertz CT molecular complexity index is 173. The van der Waals surface area contributed by atoms with Crippen LogP contribution in [0, 0.1) is 0 Å². The molecule has 0 bridgehead atoms. The molecule has 82 valence electrons. The molecule has 2 unspecified atom stereocenters. The lowest BCUT2D eigenvalue weighted by atomic mass is 10.2. The maximum Gasteiger partial charge on any atom is 0.0881 e. The van der Waals surface area contributed by atoms with Gasteiger partial charge in [0.1, 0.15) is 0 Å². The zero-order valence-corrected chi connectivity index (χ0v) is 8.83. The van der Waals surface area contributed by atoms with Gasteiger partial charge in [0, 0.05) is 12.6 Å². The number of hydrogen-bond donors (Lipinski definition) is 3. The fraction of sp³-hybridized carbons (Fsp3) is 0.800. The second kappa shape index (κ2) is 6.95. The monoisotopic (exact) mass is 199 g/mol. The van der Waals surface area contributed by atoms with Crippen LogP contribution in [0.3, 0.4) is 0 Å². The van der Waals surface area contributed by atoms with Crippen molar-refractivity contribution in [3.05, 3.63) is 12.2 Å². The summed E-state index contributed by atoms with van der Waals surface area (Å²) >= 11 is 0. The molecule has 2 atom stereocenters. The molecule has 0 aromatic carbocycles. The van der Waals surface area contributed by atoms with Gasteiger partial charge in [0.05, 0.1) is 12.7 Å². The van der Waals surface area contributed by atoms with Crippen molar-refractivity contribution in [1.29, 1.82) is 0 Å². The first-order valence-corrected chi connectivity index (χ1v) is 5.23. The smallest absolute Gasteiger partial charge is 0.0881 e. The summed E-state index contributed by atoms with van der Waals surface area (Å²) in [5.41, 5.74) is 5.65. The molecule has 14 heavy (non-hydrogen) atoms. The third kappa shape index (κ3) is 4.72. The van der Waals surface area contributed by atoms with Crippen molar-refractivity contribution in [2.24, 2.45) is 5.73 Å². The Morgan fingerprint density at radius 2 is 2.29 bits per heavy atom. The van der Waals surface area contributed by atoms with Crippen LogP contribution in [0.2, 0.25) is 0 Å². The van der Waals surface area contributed by atoms with Gasteiger partial charge >= 0.3 is 0 Å². The van der Waals surface area contributed by atoms with Crippen LogP contribution in [-0.4, -0.2) is 45.4 Å². The number of nitrogens with two attached hydrogens (primary N) is 1.